The zero-order valence-electron chi connectivity index (χ0n) is 9.45. The first-order valence-corrected chi connectivity index (χ1v) is 5.34. The third-order valence-corrected chi connectivity index (χ3v) is 2.16. The molecule has 17 heavy (non-hydrogen) atoms. The van der Waals surface area contributed by atoms with E-state index in [9.17, 15) is 9.59 Å². The summed E-state index contributed by atoms with van der Waals surface area (Å²) < 4.78 is 0. The van der Waals surface area contributed by atoms with E-state index in [4.69, 9.17) is 16.7 Å². The third-order valence-electron chi connectivity index (χ3n) is 1.93. The lowest BCUT2D eigenvalue weighted by Gasteiger charge is -2.12. The van der Waals surface area contributed by atoms with Crippen LogP contribution in [0.1, 0.15) is 13.8 Å². The maximum atomic E-state index is 11.3. The van der Waals surface area contributed by atoms with Crippen LogP contribution in [0.25, 0.3) is 0 Å². The molecule has 0 radical (unpaired) electrons. The van der Waals surface area contributed by atoms with Gasteiger partial charge in [0.15, 0.2) is 0 Å². The standard InChI is InChI=1S/C11H13ClN2O3/c1-6(15)11(17)14-9-4-3-8(12)5-10(9)13-7(2)16/h3-6,15H,1-2H3,(H,13,16)(H,14,17). The van der Waals surface area contributed by atoms with Gasteiger partial charge in [0, 0.05) is 11.9 Å². The van der Waals surface area contributed by atoms with E-state index in [1.54, 1.807) is 12.1 Å². The van der Waals surface area contributed by atoms with E-state index in [0.29, 0.717) is 16.4 Å². The Morgan fingerprint density at radius 1 is 1.29 bits per heavy atom. The fourth-order valence-electron chi connectivity index (χ4n) is 1.16. The lowest BCUT2D eigenvalue weighted by Crippen LogP contribution is -2.25. The highest BCUT2D eigenvalue weighted by Crippen LogP contribution is 2.25. The maximum Gasteiger partial charge on any atom is 0.252 e. The molecular formula is C11H13ClN2O3. The average Bonchev–Trinajstić information content (AvgIpc) is 2.20. The number of anilines is 2. The number of hydrogen-bond donors (Lipinski definition) is 3. The average molecular weight is 257 g/mol. The van der Waals surface area contributed by atoms with Crippen molar-refractivity contribution in [1.29, 1.82) is 0 Å². The van der Waals surface area contributed by atoms with Gasteiger partial charge in [0.2, 0.25) is 5.91 Å². The molecule has 2 amide bonds. The van der Waals surface area contributed by atoms with Crippen molar-refractivity contribution in [3.05, 3.63) is 23.2 Å². The molecule has 0 aliphatic rings. The van der Waals surface area contributed by atoms with Crippen LogP contribution in [0.4, 0.5) is 11.4 Å². The van der Waals surface area contributed by atoms with E-state index in [1.807, 2.05) is 0 Å². The van der Waals surface area contributed by atoms with E-state index in [0.717, 1.165) is 0 Å². The molecule has 0 aromatic heterocycles. The molecule has 0 aliphatic carbocycles. The topological polar surface area (TPSA) is 78.4 Å². The van der Waals surface area contributed by atoms with E-state index >= 15 is 0 Å². The summed E-state index contributed by atoms with van der Waals surface area (Å²) in [6, 6.07) is 4.64. The fraction of sp³-hybridized carbons (Fsp3) is 0.273. The maximum absolute atomic E-state index is 11.3. The summed E-state index contributed by atoms with van der Waals surface area (Å²) in [6.45, 7) is 2.70. The summed E-state index contributed by atoms with van der Waals surface area (Å²) in [5.74, 6) is -0.835. The number of benzene rings is 1. The van der Waals surface area contributed by atoms with Crippen LogP contribution in [-0.2, 0) is 9.59 Å². The van der Waals surface area contributed by atoms with Crippen molar-refractivity contribution in [2.24, 2.45) is 0 Å². The van der Waals surface area contributed by atoms with Crippen molar-refractivity contribution in [2.45, 2.75) is 20.0 Å². The van der Waals surface area contributed by atoms with Gasteiger partial charge < -0.3 is 15.7 Å². The van der Waals surface area contributed by atoms with Gasteiger partial charge in [-0.25, -0.2) is 0 Å². The Hall–Kier alpha value is -1.59. The van der Waals surface area contributed by atoms with Crippen LogP contribution in [0.15, 0.2) is 18.2 Å². The zero-order valence-corrected chi connectivity index (χ0v) is 10.2. The molecule has 1 unspecified atom stereocenters. The number of carbonyl (C=O) groups is 2. The minimum Gasteiger partial charge on any atom is -0.384 e. The minimum atomic E-state index is -1.13. The van der Waals surface area contributed by atoms with Gasteiger partial charge >= 0.3 is 0 Å². The SMILES string of the molecule is CC(=O)Nc1cc(Cl)ccc1NC(=O)C(C)O. The monoisotopic (exact) mass is 256 g/mol. The van der Waals surface area contributed by atoms with Gasteiger partial charge in [-0.3, -0.25) is 9.59 Å². The van der Waals surface area contributed by atoms with E-state index in [2.05, 4.69) is 10.6 Å². The van der Waals surface area contributed by atoms with Crippen molar-refractivity contribution in [3.8, 4) is 0 Å². The molecule has 0 saturated heterocycles. The van der Waals surface area contributed by atoms with Crippen LogP contribution < -0.4 is 10.6 Å². The van der Waals surface area contributed by atoms with Crippen molar-refractivity contribution < 1.29 is 14.7 Å². The van der Waals surface area contributed by atoms with Crippen molar-refractivity contribution in [1.82, 2.24) is 0 Å². The van der Waals surface area contributed by atoms with Crippen LogP contribution in [0.5, 0.6) is 0 Å². The number of amides is 2. The van der Waals surface area contributed by atoms with Crippen LogP contribution in [-0.4, -0.2) is 23.0 Å². The van der Waals surface area contributed by atoms with Gasteiger partial charge in [0.25, 0.3) is 5.91 Å². The molecule has 6 heteroatoms. The molecule has 92 valence electrons. The number of hydrogen-bond acceptors (Lipinski definition) is 3. The lowest BCUT2D eigenvalue weighted by molar-refractivity contribution is -0.123. The third kappa shape index (κ3) is 4.05. The van der Waals surface area contributed by atoms with Gasteiger partial charge in [-0.1, -0.05) is 11.6 Å². The molecule has 1 aromatic rings. The molecule has 1 rings (SSSR count). The molecule has 3 N–H and O–H groups in total. The quantitative estimate of drug-likeness (QED) is 0.769. The molecule has 0 fully saturated rings. The Kier molecular flexibility index (Phi) is 4.48. The van der Waals surface area contributed by atoms with Gasteiger partial charge in [-0.15, -0.1) is 0 Å². The van der Waals surface area contributed by atoms with Crippen LogP contribution in [0.3, 0.4) is 0 Å². The predicted octanol–water partition coefficient (Wildman–Crippen LogP) is 1.62. The van der Waals surface area contributed by atoms with Crippen molar-refractivity contribution >= 4 is 34.8 Å². The molecule has 0 bridgehead atoms. The molecule has 0 spiro atoms. The molecule has 0 saturated carbocycles. The van der Waals surface area contributed by atoms with Gasteiger partial charge in [0.05, 0.1) is 11.4 Å². The second-order valence-electron chi connectivity index (χ2n) is 3.54. The van der Waals surface area contributed by atoms with E-state index < -0.39 is 12.0 Å². The first kappa shape index (κ1) is 13.5. The Morgan fingerprint density at radius 3 is 2.47 bits per heavy atom. The number of nitrogens with one attached hydrogen (secondary N) is 2. The first-order valence-electron chi connectivity index (χ1n) is 4.96. The summed E-state index contributed by atoms with van der Waals surface area (Å²) in [5, 5.41) is 14.5. The second kappa shape index (κ2) is 5.65. The normalized spacial score (nSPS) is 11.8. The number of rotatable bonds is 3. The van der Waals surface area contributed by atoms with Crippen molar-refractivity contribution in [2.75, 3.05) is 10.6 Å². The summed E-state index contributed by atoms with van der Waals surface area (Å²) in [6.07, 6.45) is -1.13. The highest BCUT2D eigenvalue weighted by molar-refractivity contribution is 6.31. The number of aliphatic hydroxyl groups is 1. The zero-order chi connectivity index (χ0) is 13.0. The largest absolute Gasteiger partial charge is 0.384 e. The lowest BCUT2D eigenvalue weighted by atomic mass is 10.2. The molecule has 0 aliphatic heterocycles. The molecule has 1 aromatic carbocycles. The summed E-state index contributed by atoms with van der Waals surface area (Å²) >= 11 is 5.79. The predicted molar refractivity (Wildman–Crippen MR) is 66.1 cm³/mol. The highest BCUT2D eigenvalue weighted by Gasteiger charge is 2.12. The summed E-state index contributed by atoms with van der Waals surface area (Å²) in [7, 11) is 0. The van der Waals surface area contributed by atoms with Crippen LogP contribution in [0.2, 0.25) is 5.02 Å². The fourth-order valence-corrected chi connectivity index (χ4v) is 1.33. The number of aliphatic hydroxyl groups excluding tert-OH is 1. The van der Waals surface area contributed by atoms with Crippen LogP contribution >= 0.6 is 11.6 Å². The molecule has 0 heterocycles. The number of carbonyl (C=O) groups excluding carboxylic acids is 2. The van der Waals surface area contributed by atoms with E-state index in [-0.39, 0.29) is 5.91 Å². The second-order valence-corrected chi connectivity index (χ2v) is 3.97. The summed E-state index contributed by atoms with van der Waals surface area (Å²) in [5.41, 5.74) is 0.773. The molecule has 1 atom stereocenters. The molecular weight excluding hydrogens is 244 g/mol. The smallest absolute Gasteiger partial charge is 0.252 e. The Labute approximate surface area is 104 Å². The minimum absolute atomic E-state index is 0.278. The molecule has 5 nitrogen and oxygen atoms in total. The van der Waals surface area contributed by atoms with Gasteiger partial charge in [0.1, 0.15) is 6.10 Å². The van der Waals surface area contributed by atoms with Crippen LogP contribution in [0, 0.1) is 0 Å². The van der Waals surface area contributed by atoms with Gasteiger partial charge in [-0.2, -0.15) is 0 Å². The van der Waals surface area contributed by atoms with Crippen molar-refractivity contribution in [3.63, 3.8) is 0 Å². The summed E-state index contributed by atoms with van der Waals surface area (Å²) in [4.78, 5) is 22.3. The highest BCUT2D eigenvalue weighted by atomic mass is 35.5. The number of halogens is 1. The Balaban J connectivity index is 2.97. The van der Waals surface area contributed by atoms with Gasteiger partial charge in [-0.05, 0) is 25.1 Å². The first-order chi connectivity index (χ1) is 7.90. The Morgan fingerprint density at radius 2 is 1.94 bits per heavy atom. The Bertz CT molecular complexity index is 446. The van der Waals surface area contributed by atoms with E-state index in [1.165, 1.54) is 19.9 Å².